The molecular weight excluding hydrogens is 504 g/mol. The van der Waals surface area contributed by atoms with Crippen molar-refractivity contribution in [3.63, 3.8) is 0 Å². The molecule has 0 unspecified atom stereocenters. The van der Waals surface area contributed by atoms with Crippen molar-refractivity contribution in [3.05, 3.63) is 48.2 Å². The Morgan fingerprint density at radius 1 is 1.03 bits per heavy atom. The summed E-state index contributed by atoms with van der Waals surface area (Å²) in [4.78, 5) is 54.9. The first-order valence-corrected chi connectivity index (χ1v) is 13.3. The van der Waals surface area contributed by atoms with Gasteiger partial charge < -0.3 is 15.0 Å². The fraction of sp³-hybridized carbons (Fsp3) is 0.348. The summed E-state index contributed by atoms with van der Waals surface area (Å²) in [6.07, 6.45) is 2.19. The number of rotatable bonds is 5. The number of nitrogens with zero attached hydrogens (tertiary/aromatic N) is 3. The number of hydrogen-bond acceptors (Lipinski definition) is 8. The van der Waals surface area contributed by atoms with Crippen LogP contribution in [0.3, 0.4) is 0 Å². The normalized spacial score (nSPS) is 20.1. The van der Waals surface area contributed by atoms with E-state index in [0.717, 1.165) is 29.4 Å². The van der Waals surface area contributed by atoms with E-state index in [1.54, 1.807) is 29.2 Å². The fourth-order valence-corrected chi connectivity index (χ4v) is 6.29. The lowest BCUT2D eigenvalue weighted by atomic mass is 9.89. The number of carbonyl (C=O) groups excluding carboxylic acids is 4. The van der Waals surface area contributed by atoms with Gasteiger partial charge in [0.2, 0.25) is 21.4 Å². The molecule has 0 atom stereocenters. The molecule has 194 valence electrons. The first kappa shape index (κ1) is 24.5. The zero-order valence-electron chi connectivity index (χ0n) is 19.6. The molecule has 3 N–H and O–H groups in total. The highest BCUT2D eigenvalue weighted by molar-refractivity contribution is 7.93. The SMILES string of the molecule is O=C1NC(=O)C2(CCCS(=O)(=O)N2c2ccc(Oc3ccc(CNC(=O)N4CCC4)cc3)nc2)C(=O)N1. The molecule has 0 saturated carbocycles. The van der Waals surface area contributed by atoms with E-state index in [2.05, 4.69) is 10.3 Å². The van der Waals surface area contributed by atoms with Gasteiger partial charge in [-0.25, -0.2) is 27.3 Å². The van der Waals surface area contributed by atoms with Crippen LogP contribution in [0.4, 0.5) is 15.3 Å². The molecule has 2 aromatic rings. The monoisotopic (exact) mass is 528 g/mol. The summed E-state index contributed by atoms with van der Waals surface area (Å²) in [6.45, 7) is 1.92. The minimum Gasteiger partial charge on any atom is -0.439 e. The second-order valence-corrected chi connectivity index (χ2v) is 10.8. The Morgan fingerprint density at radius 3 is 2.32 bits per heavy atom. The molecule has 3 aliphatic heterocycles. The Balaban J connectivity index is 1.30. The van der Waals surface area contributed by atoms with Gasteiger partial charge in [0.1, 0.15) is 5.75 Å². The van der Waals surface area contributed by atoms with Crippen molar-refractivity contribution < 1.29 is 32.3 Å². The first-order valence-electron chi connectivity index (χ1n) is 11.6. The van der Waals surface area contributed by atoms with Crippen LogP contribution in [0, 0.1) is 0 Å². The third-order valence-electron chi connectivity index (χ3n) is 6.46. The van der Waals surface area contributed by atoms with Gasteiger partial charge >= 0.3 is 12.1 Å². The molecule has 3 aliphatic rings. The predicted octanol–water partition coefficient (Wildman–Crippen LogP) is 0.824. The van der Waals surface area contributed by atoms with E-state index in [4.69, 9.17) is 4.74 Å². The van der Waals surface area contributed by atoms with Crippen molar-refractivity contribution in [2.24, 2.45) is 0 Å². The summed E-state index contributed by atoms with van der Waals surface area (Å²) in [6, 6.07) is 8.70. The zero-order chi connectivity index (χ0) is 26.2. The van der Waals surface area contributed by atoms with E-state index in [-0.39, 0.29) is 36.2 Å². The maximum absolute atomic E-state index is 13.0. The van der Waals surface area contributed by atoms with Crippen LogP contribution in [0.15, 0.2) is 42.6 Å². The van der Waals surface area contributed by atoms with Gasteiger partial charge in [-0.15, -0.1) is 0 Å². The second-order valence-electron chi connectivity index (χ2n) is 8.88. The fourth-order valence-electron chi connectivity index (χ4n) is 4.44. The lowest BCUT2D eigenvalue weighted by Gasteiger charge is -2.45. The van der Waals surface area contributed by atoms with E-state index < -0.39 is 33.4 Å². The number of nitrogens with one attached hydrogen (secondary N) is 3. The van der Waals surface area contributed by atoms with Crippen molar-refractivity contribution in [1.29, 1.82) is 0 Å². The van der Waals surface area contributed by atoms with Crippen LogP contribution >= 0.6 is 0 Å². The van der Waals surface area contributed by atoms with Crippen LogP contribution in [-0.2, 0) is 26.2 Å². The first-order chi connectivity index (χ1) is 17.7. The Kier molecular flexibility index (Phi) is 6.19. The molecule has 4 heterocycles. The minimum atomic E-state index is -4.07. The standard InChI is InChI=1S/C23H24N6O7S/c30-19-23(20(31)27-21(32)26-19)9-1-12-37(34,35)29(23)16-5-8-18(24-14-16)36-17-6-3-15(4-7-17)13-25-22(33)28-10-2-11-28/h3-8,14H,1-2,9-13H2,(H,25,33)(H2,26,27,30,31,32). The van der Waals surface area contributed by atoms with Gasteiger partial charge in [0.15, 0.2) is 0 Å². The number of likely N-dealkylation sites (tertiary alicyclic amines) is 1. The van der Waals surface area contributed by atoms with Gasteiger partial charge in [-0.05, 0) is 43.0 Å². The van der Waals surface area contributed by atoms with Gasteiger partial charge in [0.05, 0.1) is 17.6 Å². The average Bonchev–Trinajstić information content (AvgIpc) is 2.81. The van der Waals surface area contributed by atoms with Crippen LogP contribution in [0.5, 0.6) is 11.6 Å². The van der Waals surface area contributed by atoms with Gasteiger partial charge in [-0.3, -0.25) is 20.2 Å². The number of amides is 6. The van der Waals surface area contributed by atoms with Crippen LogP contribution in [0.1, 0.15) is 24.8 Å². The molecule has 0 aliphatic carbocycles. The molecule has 0 radical (unpaired) electrons. The van der Waals surface area contributed by atoms with Gasteiger partial charge in [0, 0.05) is 25.7 Å². The van der Waals surface area contributed by atoms with E-state index in [9.17, 15) is 27.6 Å². The molecule has 1 aromatic heterocycles. The molecule has 1 aromatic carbocycles. The minimum absolute atomic E-state index is 0.0139. The quantitative estimate of drug-likeness (QED) is 0.480. The molecule has 14 heteroatoms. The Hall–Kier alpha value is -4.20. The smallest absolute Gasteiger partial charge is 0.328 e. The molecule has 0 bridgehead atoms. The second kappa shape index (κ2) is 9.35. The van der Waals surface area contributed by atoms with Crippen molar-refractivity contribution in [3.8, 4) is 11.6 Å². The number of pyridine rings is 1. The number of imide groups is 2. The molecular formula is C23H24N6O7S. The number of barbiturate groups is 1. The molecule has 37 heavy (non-hydrogen) atoms. The number of aromatic nitrogens is 1. The van der Waals surface area contributed by atoms with E-state index in [1.165, 1.54) is 18.3 Å². The van der Waals surface area contributed by atoms with Crippen molar-refractivity contribution in [1.82, 2.24) is 25.8 Å². The van der Waals surface area contributed by atoms with Crippen molar-refractivity contribution >= 4 is 39.6 Å². The number of hydrogen-bond donors (Lipinski definition) is 3. The molecule has 5 rings (SSSR count). The average molecular weight is 529 g/mol. The topological polar surface area (TPSA) is 167 Å². The zero-order valence-corrected chi connectivity index (χ0v) is 20.4. The Bertz CT molecular complexity index is 1340. The highest BCUT2D eigenvalue weighted by atomic mass is 32.2. The van der Waals surface area contributed by atoms with Crippen molar-refractivity contribution in [2.75, 3.05) is 23.1 Å². The summed E-state index contributed by atoms with van der Waals surface area (Å²) in [5.74, 6) is -1.67. The number of benzene rings is 1. The summed E-state index contributed by atoms with van der Waals surface area (Å²) in [5, 5.41) is 6.84. The summed E-state index contributed by atoms with van der Waals surface area (Å²) < 4.78 is 32.4. The van der Waals surface area contributed by atoms with Crippen LogP contribution in [-0.4, -0.2) is 66.6 Å². The molecule has 3 saturated heterocycles. The van der Waals surface area contributed by atoms with Crippen molar-refractivity contribution in [2.45, 2.75) is 31.3 Å². The molecule has 13 nitrogen and oxygen atoms in total. The highest BCUT2D eigenvalue weighted by Gasteiger charge is 2.60. The van der Waals surface area contributed by atoms with Gasteiger partial charge in [0.25, 0.3) is 11.8 Å². The number of anilines is 1. The summed E-state index contributed by atoms with van der Waals surface area (Å²) in [5.41, 5.74) is -1.26. The Morgan fingerprint density at radius 2 is 1.73 bits per heavy atom. The van der Waals surface area contributed by atoms with Crippen LogP contribution in [0.2, 0.25) is 0 Å². The molecule has 3 fully saturated rings. The maximum Gasteiger partial charge on any atom is 0.328 e. The third kappa shape index (κ3) is 4.55. The predicted molar refractivity (Wildman–Crippen MR) is 129 cm³/mol. The van der Waals surface area contributed by atoms with E-state index >= 15 is 0 Å². The van der Waals surface area contributed by atoms with E-state index in [1.807, 2.05) is 10.6 Å². The van der Waals surface area contributed by atoms with Gasteiger partial charge in [-0.1, -0.05) is 12.1 Å². The molecule has 1 spiro atoms. The highest BCUT2D eigenvalue weighted by Crippen LogP contribution is 2.38. The van der Waals surface area contributed by atoms with Gasteiger partial charge in [-0.2, -0.15) is 0 Å². The summed E-state index contributed by atoms with van der Waals surface area (Å²) in [7, 11) is -4.07. The van der Waals surface area contributed by atoms with Crippen LogP contribution < -0.4 is 25.0 Å². The molecule has 6 amide bonds. The van der Waals surface area contributed by atoms with Crippen LogP contribution in [0.25, 0.3) is 0 Å². The Labute approximate surface area is 212 Å². The lowest BCUT2D eigenvalue weighted by molar-refractivity contribution is -0.137. The maximum atomic E-state index is 13.0. The van der Waals surface area contributed by atoms with E-state index in [0.29, 0.717) is 12.3 Å². The largest absolute Gasteiger partial charge is 0.439 e. The number of ether oxygens (including phenoxy) is 1. The number of urea groups is 2. The lowest BCUT2D eigenvalue weighted by Crippen LogP contribution is -2.75. The third-order valence-corrected chi connectivity index (χ3v) is 8.34. The number of carbonyl (C=O) groups is 4. The number of sulfonamides is 1. The summed E-state index contributed by atoms with van der Waals surface area (Å²) >= 11 is 0.